The van der Waals surface area contributed by atoms with E-state index in [9.17, 15) is 19.8 Å². The van der Waals surface area contributed by atoms with Crippen molar-refractivity contribution in [2.75, 3.05) is 0 Å². The second kappa shape index (κ2) is 10.5. The Morgan fingerprint density at radius 2 is 1.91 bits per heavy atom. The lowest BCUT2D eigenvalue weighted by Crippen LogP contribution is -2.45. The van der Waals surface area contributed by atoms with Crippen LogP contribution in [0.3, 0.4) is 0 Å². The van der Waals surface area contributed by atoms with Crippen LogP contribution in [0.4, 0.5) is 0 Å². The third kappa shape index (κ3) is 6.22. The average Bonchev–Trinajstić information content (AvgIpc) is 3.24. The van der Waals surface area contributed by atoms with Crippen LogP contribution in [0.2, 0.25) is 0 Å². The number of carbonyl (C=O) groups excluding carboxylic acids is 2. The van der Waals surface area contributed by atoms with E-state index >= 15 is 0 Å². The molecular formula is C27H42N2O6. The Morgan fingerprint density at radius 1 is 1.23 bits per heavy atom. The van der Waals surface area contributed by atoms with Gasteiger partial charge in [0.2, 0.25) is 0 Å². The zero-order valence-electron chi connectivity index (χ0n) is 22.2. The van der Waals surface area contributed by atoms with Crippen molar-refractivity contribution >= 4 is 17.8 Å². The lowest BCUT2D eigenvalue weighted by molar-refractivity contribution is -0.154. The van der Waals surface area contributed by atoms with Crippen LogP contribution in [-0.4, -0.2) is 61.5 Å². The Bertz CT molecular complexity index is 953. The first kappa shape index (κ1) is 27.6. The highest BCUT2D eigenvalue weighted by atomic mass is 16.6. The molecule has 0 spiro atoms. The summed E-state index contributed by atoms with van der Waals surface area (Å²) in [5, 5.41) is 21.7. The largest absolute Gasteiger partial charge is 0.458 e. The van der Waals surface area contributed by atoms with Crippen LogP contribution in [0, 0.1) is 17.3 Å². The summed E-state index contributed by atoms with van der Waals surface area (Å²) < 4.78 is 13.8. The number of carbonyl (C=O) groups is 2. The first-order valence-electron chi connectivity index (χ1n) is 12.7. The summed E-state index contributed by atoms with van der Waals surface area (Å²) in [5.74, 6) is -0.819. The van der Waals surface area contributed by atoms with Crippen LogP contribution in [0.25, 0.3) is 6.08 Å². The van der Waals surface area contributed by atoms with Gasteiger partial charge in [-0.05, 0) is 44.3 Å². The molecule has 2 aliphatic heterocycles. The van der Waals surface area contributed by atoms with Gasteiger partial charge < -0.3 is 24.3 Å². The number of ether oxygens (including phenoxy) is 2. The highest BCUT2D eigenvalue weighted by molar-refractivity contribution is 5.88. The van der Waals surface area contributed by atoms with Gasteiger partial charge in [-0.3, -0.25) is 9.59 Å². The monoisotopic (exact) mass is 490 g/mol. The molecule has 8 nitrogen and oxygen atoms in total. The van der Waals surface area contributed by atoms with Gasteiger partial charge in [0.15, 0.2) is 0 Å². The predicted molar refractivity (Wildman–Crippen MR) is 132 cm³/mol. The number of aliphatic hydroxyl groups excluding tert-OH is 2. The SMILES string of the molecule is C/C(=C\c1nccn1C)[C@@H]1C[C@@H]2O[C@]2(C)CCC[C@H](C)[C@H](O)[C@@H](C)C(=O)C(C)(C)[C@@H](O)CC(=O)O1. The molecule has 0 unspecified atom stereocenters. The predicted octanol–water partition coefficient (Wildman–Crippen LogP) is 3.45. The maximum absolute atomic E-state index is 13.2. The third-order valence-electron chi connectivity index (χ3n) is 8.13. The quantitative estimate of drug-likeness (QED) is 0.482. The normalized spacial score (nSPS) is 37.5. The topological polar surface area (TPSA) is 114 Å². The zero-order valence-corrected chi connectivity index (χ0v) is 22.2. The van der Waals surface area contributed by atoms with Gasteiger partial charge in [-0.1, -0.05) is 34.1 Å². The minimum Gasteiger partial charge on any atom is -0.458 e. The molecule has 2 N–H and O–H groups in total. The van der Waals surface area contributed by atoms with Crippen LogP contribution >= 0.6 is 0 Å². The van der Waals surface area contributed by atoms with Gasteiger partial charge in [0.05, 0.1) is 35.7 Å². The molecule has 0 saturated carbocycles. The summed E-state index contributed by atoms with van der Waals surface area (Å²) in [6.45, 7) is 10.9. The van der Waals surface area contributed by atoms with Crippen LogP contribution < -0.4 is 0 Å². The van der Waals surface area contributed by atoms with Gasteiger partial charge in [0.1, 0.15) is 17.7 Å². The molecule has 2 saturated heterocycles. The number of aryl methyl sites for hydroxylation is 1. The molecule has 35 heavy (non-hydrogen) atoms. The smallest absolute Gasteiger partial charge is 0.309 e. The number of ketones is 1. The van der Waals surface area contributed by atoms with E-state index in [0.717, 1.165) is 30.7 Å². The number of esters is 1. The summed E-state index contributed by atoms with van der Waals surface area (Å²) in [4.78, 5) is 30.5. The molecular weight excluding hydrogens is 448 g/mol. The molecule has 0 aromatic carbocycles. The number of fused-ring (bicyclic) bond motifs is 1. The fourth-order valence-electron chi connectivity index (χ4n) is 5.11. The van der Waals surface area contributed by atoms with E-state index in [1.165, 1.54) is 0 Å². The van der Waals surface area contributed by atoms with E-state index in [4.69, 9.17) is 9.47 Å². The number of Topliss-reactive ketones (excluding diaryl/α,β-unsaturated/α-hetero) is 1. The minimum atomic E-state index is -1.23. The molecule has 1 aromatic rings. The van der Waals surface area contributed by atoms with Gasteiger partial charge >= 0.3 is 5.97 Å². The second-order valence-corrected chi connectivity index (χ2v) is 11.4. The van der Waals surface area contributed by atoms with Gasteiger partial charge in [0, 0.05) is 31.8 Å². The van der Waals surface area contributed by atoms with Gasteiger partial charge in [-0.25, -0.2) is 4.98 Å². The van der Waals surface area contributed by atoms with E-state index in [-0.39, 0.29) is 29.8 Å². The van der Waals surface area contributed by atoms with Crippen LogP contribution in [0.1, 0.15) is 79.5 Å². The molecule has 0 bridgehead atoms. The number of aromatic nitrogens is 2. The van der Waals surface area contributed by atoms with Gasteiger partial charge in [0.25, 0.3) is 0 Å². The molecule has 2 aliphatic rings. The van der Waals surface area contributed by atoms with E-state index in [1.807, 2.05) is 37.7 Å². The molecule has 0 radical (unpaired) electrons. The first-order valence-corrected chi connectivity index (χ1v) is 12.7. The third-order valence-corrected chi connectivity index (χ3v) is 8.13. The molecule has 0 aliphatic carbocycles. The summed E-state index contributed by atoms with van der Waals surface area (Å²) in [5.41, 5.74) is -0.678. The van der Waals surface area contributed by atoms with Crippen molar-refractivity contribution < 1.29 is 29.3 Å². The number of rotatable bonds is 2. The number of nitrogens with zero attached hydrogens (tertiary/aromatic N) is 2. The summed E-state index contributed by atoms with van der Waals surface area (Å²) in [6.07, 6.45) is 5.44. The van der Waals surface area contributed by atoms with Crippen molar-refractivity contribution in [2.45, 2.75) is 104 Å². The Morgan fingerprint density at radius 3 is 2.54 bits per heavy atom. The lowest BCUT2D eigenvalue weighted by Gasteiger charge is -2.34. The van der Waals surface area contributed by atoms with Crippen molar-refractivity contribution in [1.29, 1.82) is 0 Å². The first-order chi connectivity index (χ1) is 16.3. The Balaban J connectivity index is 1.86. The Hall–Kier alpha value is -2.03. The van der Waals surface area contributed by atoms with Crippen LogP contribution in [-0.2, 0) is 26.1 Å². The second-order valence-electron chi connectivity index (χ2n) is 11.4. The van der Waals surface area contributed by atoms with Gasteiger partial charge in [-0.2, -0.15) is 0 Å². The summed E-state index contributed by atoms with van der Waals surface area (Å²) >= 11 is 0. The maximum atomic E-state index is 13.2. The number of hydrogen-bond acceptors (Lipinski definition) is 7. The van der Waals surface area contributed by atoms with E-state index in [1.54, 1.807) is 27.0 Å². The average molecular weight is 491 g/mol. The maximum Gasteiger partial charge on any atom is 0.309 e. The fourth-order valence-corrected chi connectivity index (χ4v) is 5.11. The molecule has 0 amide bonds. The molecule has 2 fully saturated rings. The van der Waals surface area contributed by atoms with Crippen LogP contribution in [0.15, 0.2) is 18.0 Å². The van der Waals surface area contributed by atoms with E-state index in [0.29, 0.717) is 6.42 Å². The summed E-state index contributed by atoms with van der Waals surface area (Å²) in [6, 6.07) is 0. The Labute approximate surface area is 208 Å². The fraction of sp³-hybridized carbons (Fsp3) is 0.741. The number of epoxide rings is 1. The molecule has 3 rings (SSSR count). The van der Waals surface area contributed by atoms with Crippen molar-refractivity contribution in [3.8, 4) is 0 Å². The van der Waals surface area contributed by atoms with Crippen LogP contribution in [0.5, 0.6) is 0 Å². The van der Waals surface area contributed by atoms with E-state index < -0.39 is 35.6 Å². The lowest BCUT2D eigenvalue weighted by atomic mass is 9.73. The number of aliphatic hydroxyl groups is 2. The molecule has 3 heterocycles. The zero-order chi connectivity index (χ0) is 26.1. The summed E-state index contributed by atoms with van der Waals surface area (Å²) in [7, 11) is 1.90. The molecule has 1 aromatic heterocycles. The standard InChI is InChI=1S/C27H42N2O6/c1-16-9-8-10-27(6)21(35-27)14-19(17(2)13-22-28-11-12-29(22)7)34-23(31)15-20(30)26(4,5)25(33)18(3)24(16)32/h11-13,16,18-21,24,30,32H,8-10,14-15H2,1-7H3/b17-13+/t16-,18+,19-,20-,21-,24-,27+/m0/s1. The molecule has 8 heteroatoms. The number of cyclic esters (lactones) is 1. The van der Waals surface area contributed by atoms with Crippen molar-refractivity contribution in [3.05, 3.63) is 23.8 Å². The van der Waals surface area contributed by atoms with E-state index in [2.05, 4.69) is 11.9 Å². The Kier molecular flexibility index (Phi) is 8.29. The van der Waals surface area contributed by atoms with Crippen molar-refractivity contribution in [3.63, 3.8) is 0 Å². The van der Waals surface area contributed by atoms with Crippen molar-refractivity contribution in [1.82, 2.24) is 9.55 Å². The van der Waals surface area contributed by atoms with Crippen molar-refractivity contribution in [2.24, 2.45) is 24.3 Å². The van der Waals surface area contributed by atoms with Gasteiger partial charge in [-0.15, -0.1) is 0 Å². The molecule has 196 valence electrons. The highest BCUT2D eigenvalue weighted by Gasteiger charge is 2.53. The highest BCUT2D eigenvalue weighted by Crippen LogP contribution is 2.45. The molecule has 7 atom stereocenters. The number of hydrogen-bond donors (Lipinski definition) is 2. The number of imidazole rings is 1. The minimum absolute atomic E-state index is 0.0555.